The van der Waals surface area contributed by atoms with Gasteiger partial charge in [-0.15, -0.1) is 19.7 Å². The first-order valence-corrected chi connectivity index (χ1v) is 23.0. The van der Waals surface area contributed by atoms with Gasteiger partial charge in [0.05, 0.1) is 34.1 Å². The largest absolute Gasteiger partial charge is 0.506 e. The zero-order valence-electron chi connectivity index (χ0n) is 30.4. The highest BCUT2D eigenvalue weighted by Gasteiger charge is 2.26. The van der Waals surface area contributed by atoms with E-state index in [9.17, 15) is 49.4 Å². The minimum absolute atomic E-state index is 0.0387. The lowest BCUT2D eigenvalue weighted by atomic mass is 10.1. The van der Waals surface area contributed by atoms with Crippen molar-refractivity contribution < 1.29 is 82.9 Å². The average Bonchev–Trinajstić information content (AvgIpc) is 3.18. The molecule has 0 amide bonds. The molecule has 0 unspecified atom stereocenters. The third-order valence-corrected chi connectivity index (χ3v) is 11.5. The van der Waals surface area contributed by atoms with Gasteiger partial charge in [0.25, 0.3) is 20.2 Å². The highest BCUT2D eigenvalue weighted by atomic mass is 35.5. The number of fused-ring (bicyclic) bond motifs is 1. The average molecular weight is 1010 g/mol. The molecular formula is C30H21ClN8O18S6. The van der Waals surface area contributed by atoms with Crippen LogP contribution in [0.2, 0.25) is 5.28 Å². The van der Waals surface area contributed by atoms with Crippen molar-refractivity contribution in [2.24, 2.45) is 20.5 Å². The lowest BCUT2D eigenvalue weighted by Crippen LogP contribution is -2.08. The van der Waals surface area contributed by atoms with Crippen LogP contribution in [-0.2, 0) is 54.0 Å². The molecule has 0 bridgehead atoms. The van der Waals surface area contributed by atoms with E-state index in [0.29, 0.717) is 23.5 Å². The molecule has 0 spiro atoms. The van der Waals surface area contributed by atoms with Crippen molar-refractivity contribution in [3.63, 3.8) is 0 Å². The van der Waals surface area contributed by atoms with E-state index in [0.717, 1.165) is 30.3 Å². The van der Waals surface area contributed by atoms with Crippen LogP contribution < -0.4 is 5.32 Å². The van der Waals surface area contributed by atoms with Gasteiger partial charge in [-0.2, -0.15) is 45.3 Å². The van der Waals surface area contributed by atoms with E-state index in [4.69, 9.17) is 26.5 Å². The van der Waals surface area contributed by atoms with Crippen molar-refractivity contribution in [3.8, 4) is 22.9 Å². The molecular weight excluding hydrogens is 988 g/mol. The molecule has 4 aromatic carbocycles. The van der Waals surface area contributed by atoms with E-state index >= 15 is 0 Å². The second-order valence-corrected chi connectivity index (χ2v) is 18.0. The number of benzene rings is 4. The second-order valence-electron chi connectivity index (χ2n) is 11.3. The molecule has 1 heterocycles. The number of phenols is 2. The molecule has 0 fully saturated rings. The Morgan fingerprint density at radius 3 is 2.25 bits per heavy atom. The van der Waals surface area contributed by atoms with Gasteiger partial charge in [0, 0.05) is 27.0 Å². The fourth-order valence-corrected chi connectivity index (χ4v) is 8.20. The zero-order valence-corrected chi connectivity index (χ0v) is 36.1. The summed E-state index contributed by atoms with van der Waals surface area (Å²) in [7, 11) is -15.0. The van der Waals surface area contributed by atoms with Gasteiger partial charge >= 0.3 is 16.4 Å². The summed E-state index contributed by atoms with van der Waals surface area (Å²) < 4.78 is 107. The molecule has 63 heavy (non-hydrogen) atoms. The molecule has 0 aliphatic rings. The molecule has 332 valence electrons. The van der Waals surface area contributed by atoms with Crippen molar-refractivity contribution in [1.82, 2.24) is 15.0 Å². The number of thioether (sulfide) groups is 2. The van der Waals surface area contributed by atoms with Crippen LogP contribution in [0.4, 0.5) is 34.4 Å². The molecule has 0 saturated heterocycles. The van der Waals surface area contributed by atoms with Crippen molar-refractivity contribution in [2.45, 2.75) is 31.7 Å². The van der Waals surface area contributed by atoms with Gasteiger partial charge in [0.1, 0.15) is 32.6 Å². The molecule has 0 aliphatic carbocycles. The minimum atomic E-state index is -5.18. The molecule has 8 N–H and O–H groups in total. The van der Waals surface area contributed by atoms with Gasteiger partial charge in [-0.3, -0.25) is 23.3 Å². The van der Waals surface area contributed by atoms with Crippen molar-refractivity contribution in [1.29, 1.82) is 0 Å². The number of carbonyl (C=O) groups is 1. The first kappa shape index (κ1) is 48.5. The number of rotatable bonds is 17. The van der Waals surface area contributed by atoms with Crippen LogP contribution in [0.5, 0.6) is 11.5 Å². The molecule has 5 rings (SSSR count). The number of hydrogen-bond donors (Lipinski definition) is 8. The number of nitrogens with one attached hydrogen (secondary N) is 1. The van der Waals surface area contributed by atoms with E-state index in [1.807, 2.05) is 0 Å². The van der Waals surface area contributed by atoms with Crippen LogP contribution in [0.15, 0.2) is 93.7 Å². The number of nitrogens with zero attached hydrogens (tertiary/aromatic N) is 7. The number of hydrogen-bond acceptors (Lipinski definition) is 25. The maximum atomic E-state index is 12.8. The predicted molar refractivity (Wildman–Crippen MR) is 217 cm³/mol. The summed E-state index contributed by atoms with van der Waals surface area (Å²) >= 11 is 7.41. The van der Waals surface area contributed by atoms with Gasteiger partial charge in [-0.25, -0.2) is 5.26 Å². The number of halogens is 1. The molecule has 33 heteroatoms. The molecule has 0 saturated carbocycles. The molecule has 5 aromatic rings. The Kier molecular flexibility index (Phi) is 15.7. The van der Waals surface area contributed by atoms with E-state index in [2.05, 4.69) is 64.6 Å². The quantitative estimate of drug-likeness (QED) is 0.00899. The number of azo groups is 2. The number of phenolic OH excluding ortho intramolecular Hbond substituents is 2. The third kappa shape index (κ3) is 13.3. The molecule has 1 aromatic heterocycles. The number of carboxylic acids is 1. The van der Waals surface area contributed by atoms with Crippen LogP contribution in [0, 0.1) is 18.3 Å². The summed E-state index contributed by atoms with van der Waals surface area (Å²) in [4.78, 5) is 24.8. The number of aryl methyl sites for hydroxylation is 1. The summed E-state index contributed by atoms with van der Waals surface area (Å²) in [5.74, 6) is -3.37. The number of aromatic hydroxyl groups is 2. The Hall–Kier alpha value is -5.51. The van der Waals surface area contributed by atoms with E-state index < -0.39 is 74.6 Å². The summed E-state index contributed by atoms with van der Waals surface area (Å²) in [6.45, 7) is 1.48. The fourth-order valence-electron chi connectivity index (χ4n) is 4.75. The molecule has 0 atom stereocenters. The Morgan fingerprint density at radius 2 is 1.59 bits per heavy atom. The Labute approximate surface area is 370 Å². The van der Waals surface area contributed by atoms with Crippen LogP contribution >= 0.6 is 47.2 Å². The number of aliphatic carboxylic acids is 1. The summed E-state index contributed by atoms with van der Waals surface area (Å²) in [5.41, 5.74) is -1.20. The van der Waals surface area contributed by atoms with Crippen molar-refractivity contribution >= 4 is 129 Å². The first-order valence-electron chi connectivity index (χ1n) is 15.8. The Morgan fingerprint density at radius 1 is 0.873 bits per heavy atom. The van der Waals surface area contributed by atoms with Crippen molar-refractivity contribution in [3.05, 3.63) is 59.4 Å². The van der Waals surface area contributed by atoms with Crippen LogP contribution in [0.1, 0.15) is 5.56 Å². The summed E-state index contributed by atoms with van der Waals surface area (Å²) in [6.07, 6.45) is 1.76. The van der Waals surface area contributed by atoms with E-state index in [-0.39, 0.29) is 72.0 Å². The van der Waals surface area contributed by atoms with Gasteiger partial charge in [0.2, 0.25) is 11.2 Å². The van der Waals surface area contributed by atoms with Crippen LogP contribution in [-0.4, -0.2) is 86.2 Å². The van der Waals surface area contributed by atoms with Gasteiger partial charge in [0.15, 0.2) is 17.0 Å². The zero-order chi connectivity index (χ0) is 46.3. The standard InChI is InChI=1S/C30H21ClN8O18S6/c1-13-8-20(21(40)11-19(13)37-36-17-4-2-14(9-23(17)61(45,46)47)58-7-6-54-57-63(51,52)53)38-39-25-22(60-56-55-44)10-16-15(26(25)43)3-5-18(27(16)62(48,49)50)32-29-33-28(31)34-30(35-29)59-12-24(41)42/h2-5,8-11,40,43-44H,12H2,1H3,(H,41,42)(H,45,46,47)(H,48,49,50)(H,51,52,53)(H,32,33,34,35). The normalized spacial score (nSPS) is 12.2. The predicted octanol–water partition coefficient (Wildman–Crippen LogP) is 6.83. The Bertz CT molecular complexity index is 3100. The maximum absolute atomic E-state index is 12.8. The lowest BCUT2D eigenvalue weighted by Gasteiger charge is -2.15. The van der Waals surface area contributed by atoms with Gasteiger partial charge in [-0.05, 0) is 82.6 Å². The first-order chi connectivity index (χ1) is 29.5. The van der Waals surface area contributed by atoms with Gasteiger partial charge in [-0.1, -0.05) is 16.8 Å². The third-order valence-electron chi connectivity index (χ3n) is 7.15. The fraction of sp³-hybridized carbons (Fsp3) is 0.0667. The van der Waals surface area contributed by atoms with E-state index in [1.54, 1.807) is 6.11 Å². The summed E-state index contributed by atoms with van der Waals surface area (Å²) in [6, 6.07) is 9.00. The molecule has 0 radical (unpaired) electrons. The molecule has 26 nitrogen and oxygen atoms in total. The highest BCUT2D eigenvalue weighted by molar-refractivity contribution is 8.04. The lowest BCUT2D eigenvalue weighted by molar-refractivity contribution is -0.432. The monoisotopic (exact) mass is 1010 g/mol. The maximum Gasteiger partial charge on any atom is 0.433 e. The summed E-state index contributed by atoms with van der Waals surface area (Å²) in [5, 5.41) is 63.0. The number of aromatic nitrogens is 3. The number of anilines is 2. The molecule has 0 aliphatic heterocycles. The second kappa shape index (κ2) is 20.3. The minimum Gasteiger partial charge on any atom is -0.506 e. The SMILES string of the molecule is Cc1cc(N=Nc2c(SOOO)cc3c(S(=O)(=O)O)c(Nc4nc(Cl)nc(SCC(=O)O)n4)ccc3c2O)c(O)cc1N=Nc1ccc(SC#COOS(=O)(=O)O)cc1S(=O)(=O)O. The van der Waals surface area contributed by atoms with Crippen LogP contribution in [0.3, 0.4) is 0 Å². The smallest absolute Gasteiger partial charge is 0.433 e. The topological polar surface area (TPSA) is 398 Å². The Balaban J connectivity index is 1.48. The number of carboxylic acid groups (broad SMARTS) is 1. The van der Waals surface area contributed by atoms with Gasteiger partial charge < -0.3 is 20.6 Å². The highest BCUT2D eigenvalue weighted by Crippen LogP contribution is 2.47. The van der Waals surface area contributed by atoms with Crippen molar-refractivity contribution in [2.75, 3.05) is 11.1 Å². The van der Waals surface area contributed by atoms with Crippen LogP contribution in [0.25, 0.3) is 10.8 Å². The van der Waals surface area contributed by atoms with E-state index in [1.165, 1.54) is 25.1 Å².